The number of likely N-dealkylation sites (tertiary alicyclic amines) is 1. The minimum atomic E-state index is -3.17. The van der Waals surface area contributed by atoms with E-state index in [9.17, 15) is 8.42 Å². The van der Waals surface area contributed by atoms with Gasteiger partial charge in [-0.1, -0.05) is 12.1 Å². The highest BCUT2D eigenvalue weighted by Crippen LogP contribution is 2.15. The number of ether oxygens (including phenoxy) is 2. The van der Waals surface area contributed by atoms with Crippen LogP contribution in [0.1, 0.15) is 31.7 Å². The maximum absolute atomic E-state index is 11.6. The van der Waals surface area contributed by atoms with E-state index in [2.05, 4.69) is 17.1 Å². The lowest BCUT2D eigenvalue weighted by molar-refractivity contribution is 0.00990. The molecule has 1 saturated heterocycles. The zero-order valence-electron chi connectivity index (χ0n) is 17.2. The van der Waals surface area contributed by atoms with Gasteiger partial charge < -0.3 is 19.7 Å². The lowest BCUT2D eigenvalue weighted by atomic mass is 10.1. The molecule has 2 rings (SSSR count). The second-order valence-electron chi connectivity index (χ2n) is 6.99. The third-order valence-electron chi connectivity index (χ3n) is 4.69. The van der Waals surface area contributed by atoms with Crippen molar-refractivity contribution >= 4 is 15.8 Å². The highest BCUT2D eigenvalue weighted by Gasteiger charge is 2.21. The van der Waals surface area contributed by atoms with Crippen molar-refractivity contribution in [2.45, 2.75) is 43.7 Å². The van der Waals surface area contributed by atoms with Crippen LogP contribution in [0.15, 0.2) is 34.2 Å². The molecule has 0 saturated carbocycles. The van der Waals surface area contributed by atoms with Crippen LogP contribution < -0.4 is 5.32 Å². The SMILES string of the molecule is CCNC(=NCc1ccc(S(C)(=O)=O)cc1)N1CCC(OCCCOC)CC1. The molecule has 28 heavy (non-hydrogen) atoms. The Labute approximate surface area is 169 Å². The molecule has 0 aliphatic carbocycles. The van der Waals surface area contributed by atoms with Gasteiger partial charge in [-0.15, -0.1) is 0 Å². The summed E-state index contributed by atoms with van der Waals surface area (Å²) in [6.07, 6.45) is 4.42. The Morgan fingerprint density at radius 1 is 1.21 bits per heavy atom. The summed E-state index contributed by atoms with van der Waals surface area (Å²) in [6, 6.07) is 6.92. The number of hydrogen-bond acceptors (Lipinski definition) is 5. The van der Waals surface area contributed by atoms with Crippen molar-refractivity contribution in [1.82, 2.24) is 10.2 Å². The molecule has 0 unspecified atom stereocenters. The third-order valence-corrected chi connectivity index (χ3v) is 5.81. The average Bonchev–Trinajstić information content (AvgIpc) is 2.69. The highest BCUT2D eigenvalue weighted by atomic mass is 32.2. The molecular weight excluding hydrogens is 378 g/mol. The fourth-order valence-electron chi connectivity index (χ4n) is 3.12. The molecule has 1 aromatic carbocycles. The number of guanidine groups is 1. The number of piperidine rings is 1. The predicted molar refractivity (Wildman–Crippen MR) is 111 cm³/mol. The van der Waals surface area contributed by atoms with Gasteiger partial charge in [-0.2, -0.15) is 0 Å². The number of hydrogen-bond donors (Lipinski definition) is 1. The van der Waals surface area contributed by atoms with Gasteiger partial charge in [-0.25, -0.2) is 13.4 Å². The Morgan fingerprint density at radius 3 is 2.46 bits per heavy atom. The molecule has 7 nitrogen and oxygen atoms in total. The van der Waals surface area contributed by atoms with E-state index in [4.69, 9.17) is 14.5 Å². The lowest BCUT2D eigenvalue weighted by Crippen LogP contribution is -2.47. The molecule has 0 atom stereocenters. The first-order valence-corrected chi connectivity index (χ1v) is 11.8. The molecule has 1 aromatic rings. The third kappa shape index (κ3) is 7.41. The monoisotopic (exact) mass is 411 g/mol. The first-order valence-electron chi connectivity index (χ1n) is 9.86. The van der Waals surface area contributed by atoms with Gasteiger partial charge in [0.05, 0.1) is 17.5 Å². The fraction of sp³-hybridized carbons (Fsp3) is 0.650. The number of nitrogens with zero attached hydrogens (tertiary/aromatic N) is 2. The van der Waals surface area contributed by atoms with Crippen molar-refractivity contribution in [3.8, 4) is 0 Å². The lowest BCUT2D eigenvalue weighted by Gasteiger charge is -2.34. The summed E-state index contributed by atoms with van der Waals surface area (Å²) in [7, 11) is -1.46. The average molecular weight is 412 g/mol. The van der Waals surface area contributed by atoms with E-state index in [1.54, 1.807) is 19.2 Å². The molecule has 1 heterocycles. The maximum Gasteiger partial charge on any atom is 0.194 e. The number of benzene rings is 1. The van der Waals surface area contributed by atoms with Crippen LogP contribution in [0, 0.1) is 0 Å². The molecule has 0 aromatic heterocycles. The summed E-state index contributed by atoms with van der Waals surface area (Å²) in [5, 5.41) is 3.36. The minimum Gasteiger partial charge on any atom is -0.385 e. The van der Waals surface area contributed by atoms with Gasteiger partial charge in [0.15, 0.2) is 15.8 Å². The summed E-state index contributed by atoms with van der Waals surface area (Å²) >= 11 is 0. The van der Waals surface area contributed by atoms with Crippen LogP contribution >= 0.6 is 0 Å². The molecule has 158 valence electrons. The number of aliphatic imine (C=N–C) groups is 1. The largest absolute Gasteiger partial charge is 0.385 e. The molecule has 8 heteroatoms. The highest BCUT2D eigenvalue weighted by molar-refractivity contribution is 7.90. The Bertz CT molecular complexity index is 711. The van der Waals surface area contributed by atoms with Crippen LogP contribution in [0.3, 0.4) is 0 Å². The van der Waals surface area contributed by atoms with Gasteiger partial charge in [0.2, 0.25) is 0 Å². The first kappa shape index (κ1) is 22.6. The number of rotatable bonds is 9. The Hall–Kier alpha value is -1.64. The molecular formula is C20H33N3O4S. The zero-order chi connectivity index (χ0) is 20.4. The van der Waals surface area contributed by atoms with Crippen LogP contribution in [0.5, 0.6) is 0 Å². The van der Waals surface area contributed by atoms with E-state index in [1.165, 1.54) is 6.26 Å². The minimum absolute atomic E-state index is 0.305. The summed E-state index contributed by atoms with van der Waals surface area (Å²) in [6.45, 7) is 6.68. The smallest absolute Gasteiger partial charge is 0.194 e. The number of methoxy groups -OCH3 is 1. The summed E-state index contributed by atoms with van der Waals surface area (Å²) in [4.78, 5) is 7.34. The molecule has 1 aliphatic heterocycles. The molecule has 0 radical (unpaired) electrons. The van der Waals surface area contributed by atoms with Gasteiger partial charge in [0.1, 0.15) is 0 Å². The van der Waals surface area contributed by atoms with Gasteiger partial charge in [0.25, 0.3) is 0 Å². The van der Waals surface area contributed by atoms with Crippen molar-refractivity contribution in [3.05, 3.63) is 29.8 Å². The zero-order valence-corrected chi connectivity index (χ0v) is 18.0. The van der Waals surface area contributed by atoms with Crippen molar-refractivity contribution in [2.24, 2.45) is 4.99 Å². The second kappa shape index (κ2) is 11.4. The molecule has 0 amide bonds. The molecule has 0 spiro atoms. The standard InChI is InChI=1S/C20H33N3O4S/c1-4-21-20(22-16-17-6-8-19(9-7-17)28(3,24)25)23-12-10-18(11-13-23)27-15-5-14-26-2/h6-9,18H,4-5,10-16H2,1-3H3,(H,21,22). The first-order chi connectivity index (χ1) is 13.4. The van der Waals surface area contributed by atoms with Gasteiger partial charge >= 0.3 is 0 Å². The van der Waals surface area contributed by atoms with E-state index in [-0.39, 0.29) is 0 Å². The van der Waals surface area contributed by atoms with Gasteiger partial charge in [-0.3, -0.25) is 0 Å². The molecule has 1 aliphatic rings. The number of sulfone groups is 1. The normalized spacial score (nSPS) is 16.4. The molecule has 1 fully saturated rings. The Balaban J connectivity index is 1.89. The van der Waals surface area contributed by atoms with Crippen LogP contribution in [0.4, 0.5) is 0 Å². The predicted octanol–water partition coefficient (Wildman–Crippen LogP) is 2.07. The number of nitrogens with one attached hydrogen (secondary N) is 1. The van der Waals surface area contributed by atoms with Crippen molar-refractivity contribution in [3.63, 3.8) is 0 Å². The Morgan fingerprint density at radius 2 is 1.89 bits per heavy atom. The second-order valence-corrected chi connectivity index (χ2v) is 9.01. The van der Waals surface area contributed by atoms with Crippen molar-refractivity contribution in [2.75, 3.05) is 46.2 Å². The maximum atomic E-state index is 11.6. The van der Waals surface area contributed by atoms with E-state index >= 15 is 0 Å². The molecule has 0 bridgehead atoms. The van der Waals surface area contributed by atoms with Crippen molar-refractivity contribution < 1.29 is 17.9 Å². The Kier molecular flexibility index (Phi) is 9.21. The topological polar surface area (TPSA) is 80.2 Å². The van der Waals surface area contributed by atoms with Crippen molar-refractivity contribution in [1.29, 1.82) is 0 Å². The van der Waals surface area contributed by atoms with E-state index in [0.29, 0.717) is 17.5 Å². The van der Waals surface area contributed by atoms with E-state index in [0.717, 1.165) is 63.6 Å². The van der Waals surface area contributed by atoms with Crippen LogP contribution in [0.25, 0.3) is 0 Å². The van der Waals surface area contributed by atoms with Crippen LogP contribution in [0.2, 0.25) is 0 Å². The fourth-order valence-corrected chi connectivity index (χ4v) is 3.75. The van der Waals surface area contributed by atoms with Crippen LogP contribution in [-0.4, -0.2) is 71.6 Å². The van der Waals surface area contributed by atoms with Crippen LogP contribution in [-0.2, 0) is 25.9 Å². The summed E-state index contributed by atoms with van der Waals surface area (Å²) in [5.74, 6) is 0.896. The molecule has 1 N–H and O–H groups in total. The van der Waals surface area contributed by atoms with Gasteiger partial charge in [0, 0.05) is 46.2 Å². The summed E-state index contributed by atoms with van der Waals surface area (Å²) in [5.41, 5.74) is 0.985. The van der Waals surface area contributed by atoms with E-state index in [1.807, 2.05) is 12.1 Å². The van der Waals surface area contributed by atoms with Gasteiger partial charge in [-0.05, 0) is 43.9 Å². The quantitative estimate of drug-likeness (QED) is 0.381. The van der Waals surface area contributed by atoms with E-state index < -0.39 is 9.84 Å². The summed E-state index contributed by atoms with van der Waals surface area (Å²) < 4.78 is 34.1.